The third kappa shape index (κ3) is 2.98. The number of rotatable bonds is 2. The van der Waals surface area contributed by atoms with Crippen LogP contribution in [-0.4, -0.2) is 40.2 Å². The fraction of sp³-hybridized carbons (Fsp3) is 0.857. The lowest BCUT2D eigenvalue weighted by Crippen LogP contribution is -2.35. The molecule has 0 spiro atoms. The van der Waals surface area contributed by atoms with Crippen molar-refractivity contribution in [3.8, 4) is 0 Å². The Bertz CT molecular complexity index is 437. The van der Waals surface area contributed by atoms with Crippen molar-refractivity contribution in [2.75, 3.05) is 13.1 Å². The molecular weight excluding hydrogens is 240 g/mol. The van der Waals surface area contributed by atoms with Crippen molar-refractivity contribution < 1.29 is 4.52 Å². The lowest BCUT2D eigenvalue weighted by molar-refractivity contribution is 0.240. The molecule has 0 saturated carbocycles. The minimum Gasteiger partial charge on any atom is -0.339 e. The summed E-state index contributed by atoms with van der Waals surface area (Å²) in [5.41, 5.74) is -0.0648. The zero-order valence-corrected chi connectivity index (χ0v) is 12.1. The first-order chi connectivity index (χ1) is 9.00. The van der Waals surface area contributed by atoms with Gasteiger partial charge in [-0.3, -0.25) is 4.90 Å². The van der Waals surface area contributed by atoms with Crippen LogP contribution in [0, 0.1) is 0 Å². The highest BCUT2D eigenvalue weighted by atomic mass is 16.5. The molecule has 2 fully saturated rings. The normalized spacial score (nSPS) is 28.6. The lowest BCUT2D eigenvalue weighted by atomic mass is 9.97. The number of fused-ring (bicyclic) bond motifs is 2. The fourth-order valence-electron chi connectivity index (χ4n) is 2.98. The van der Waals surface area contributed by atoms with E-state index in [9.17, 15) is 0 Å². The van der Waals surface area contributed by atoms with E-state index in [1.165, 1.54) is 19.3 Å². The van der Waals surface area contributed by atoms with E-state index >= 15 is 0 Å². The third-order valence-electron chi connectivity index (χ3n) is 4.08. The van der Waals surface area contributed by atoms with Crippen molar-refractivity contribution in [1.29, 1.82) is 0 Å². The van der Waals surface area contributed by atoms with Gasteiger partial charge in [-0.15, -0.1) is 0 Å². The Morgan fingerprint density at radius 1 is 1.26 bits per heavy atom. The Balaban J connectivity index is 1.63. The smallest absolute Gasteiger partial charge is 0.232 e. The summed E-state index contributed by atoms with van der Waals surface area (Å²) >= 11 is 0. The third-order valence-corrected chi connectivity index (χ3v) is 4.08. The quantitative estimate of drug-likeness (QED) is 0.881. The Labute approximate surface area is 114 Å². The molecule has 2 unspecified atom stereocenters. The van der Waals surface area contributed by atoms with Gasteiger partial charge in [0.25, 0.3) is 0 Å². The number of nitrogens with zero attached hydrogens (tertiary/aromatic N) is 3. The SMILES string of the molecule is CC(C)(C)c1nc(CN2CCC3CCC(C2)N3)no1. The summed E-state index contributed by atoms with van der Waals surface area (Å²) in [4.78, 5) is 6.98. The van der Waals surface area contributed by atoms with Crippen molar-refractivity contribution in [3.05, 3.63) is 11.7 Å². The van der Waals surface area contributed by atoms with Gasteiger partial charge in [-0.1, -0.05) is 25.9 Å². The minimum atomic E-state index is -0.0648. The molecule has 2 atom stereocenters. The summed E-state index contributed by atoms with van der Waals surface area (Å²) in [5.74, 6) is 1.56. The zero-order chi connectivity index (χ0) is 13.5. The van der Waals surface area contributed by atoms with Crippen LogP contribution in [0.15, 0.2) is 4.52 Å². The van der Waals surface area contributed by atoms with E-state index in [-0.39, 0.29) is 5.41 Å². The van der Waals surface area contributed by atoms with Crippen molar-refractivity contribution in [1.82, 2.24) is 20.4 Å². The average Bonchev–Trinajstić information content (AvgIpc) is 2.88. The summed E-state index contributed by atoms with van der Waals surface area (Å²) in [6, 6.07) is 1.38. The second kappa shape index (κ2) is 4.87. The maximum atomic E-state index is 5.36. The molecule has 3 heterocycles. The van der Waals surface area contributed by atoms with E-state index in [0.29, 0.717) is 6.04 Å². The van der Waals surface area contributed by atoms with E-state index in [1.54, 1.807) is 0 Å². The highest BCUT2D eigenvalue weighted by Crippen LogP contribution is 2.22. The van der Waals surface area contributed by atoms with Crippen LogP contribution in [0.4, 0.5) is 0 Å². The predicted octanol–water partition coefficient (Wildman–Crippen LogP) is 1.69. The number of likely N-dealkylation sites (tertiary alicyclic amines) is 1. The van der Waals surface area contributed by atoms with E-state index in [1.807, 2.05) is 0 Å². The van der Waals surface area contributed by atoms with Gasteiger partial charge in [0.05, 0.1) is 6.54 Å². The highest BCUT2D eigenvalue weighted by Gasteiger charge is 2.30. The number of nitrogens with one attached hydrogen (secondary N) is 1. The van der Waals surface area contributed by atoms with Gasteiger partial charge in [0, 0.05) is 30.6 Å². The highest BCUT2D eigenvalue weighted by molar-refractivity contribution is 4.99. The van der Waals surface area contributed by atoms with Gasteiger partial charge in [-0.25, -0.2) is 0 Å². The van der Waals surface area contributed by atoms with Crippen molar-refractivity contribution in [3.63, 3.8) is 0 Å². The van der Waals surface area contributed by atoms with Crippen LogP contribution in [0.2, 0.25) is 0 Å². The Morgan fingerprint density at radius 3 is 2.79 bits per heavy atom. The monoisotopic (exact) mass is 264 g/mol. The Kier molecular flexibility index (Phi) is 3.35. The molecule has 106 valence electrons. The van der Waals surface area contributed by atoms with E-state index < -0.39 is 0 Å². The molecular formula is C14H24N4O. The summed E-state index contributed by atoms with van der Waals surface area (Å²) < 4.78 is 5.36. The molecule has 1 N–H and O–H groups in total. The van der Waals surface area contributed by atoms with Crippen molar-refractivity contribution >= 4 is 0 Å². The number of aromatic nitrogens is 2. The minimum absolute atomic E-state index is 0.0648. The molecule has 5 heteroatoms. The molecule has 19 heavy (non-hydrogen) atoms. The Hall–Kier alpha value is -0.940. The van der Waals surface area contributed by atoms with Gasteiger partial charge in [-0.2, -0.15) is 4.98 Å². The van der Waals surface area contributed by atoms with Crippen molar-refractivity contribution in [2.24, 2.45) is 0 Å². The average molecular weight is 264 g/mol. The van der Waals surface area contributed by atoms with E-state index in [0.717, 1.165) is 37.4 Å². The maximum absolute atomic E-state index is 5.36. The topological polar surface area (TPSA) is 54.2 Å². The van der Waals surface area contributed by atoms with E-state index in [2.05, 4.69) is 41.1 Å². The molecule has 2 saturated heterocycles. The van der Waals surface area contributed by atoms with Crippen LogP contribution in [0.25, 0.3) is 0 Å². The lowest BCUT2D eigenvalue weighted by Gasteiger charge is -2.22. The molecule has 0 radical (unpaired) electrons. The summed E-state index contributed by atoms with van der Waals surface area (Å²) in [5, 5.41) is 7.81. The van der Waals surface area contributed by atoms with Crippen molar-refractivity contribution in [2.45, 2.75) is 64.1 Å². The molecule has 2 bridgehead atoms. The molecule has 0 amide bonds. The maximum Gasteiger partial charge on any atom is 0.232 e. The zero-order valence-electron chi connectivity index (χ0n) is 12.1. The van der Waals surface area contributed by atoms with Crippen LogP contribution < -0.4 is 5.32 Å². The summed E-state index contributed by atoms with van der Waals surface area (Å²) in [6.07, 6.45) is 3.88. The molecule has 2 aliphatic heterocycles. The second-order valence-corrected chi connectivity index (χ2v) is 6.93. The molecule has 1 aromatic rings. The van der Waals surface area contributed by atoms with Crippen LogP contribution in [0.1, 0.15) is 51.7 Å². The summed E-state index contributed by atoms with van der Waals surface area (Å²) in [6.45, 7) is 9.34. The van der Waals surface area contributed by atoms with Crippen LogP contribution in [0.5, 0.6) is 0 Å². The second-order valence-electron chi connectivity index (χ2n) is 6.93. The molecule has 2 aliphatic rings. The molecule has 3 rings (SSSR count). The predicted molar refractivity (Wildman–Crippen MR) is 72.8 cm³/mol. The van der Waals surface area contributed by atoms with Gasteiger partial charge < -0.3 is 9.84 Å². The van der Waals surface area contributed by atoms with Crippen LogP contribution >= 0.6 is 0 Å². The van der Waals surface area contributed by atoms with Gasteiger partial charge in [0.15, 0.2) is 5.82 Å². The molecule has 5 nitrogen and oxygen atoms in total. The first-order valence-electron chi connectivity index (χ1n) is 7.32. The number of hydrogen-bond acceptors (Lipinski definition) is 5. The Morgan fingerprint density at radius 2 is 2.05 bits per heavy atom. The van der Waals surface area contributed by atoms with Crippen LogP contribution in [0.3, 0.4) is 0 Å². The van der Waals surface area contributed by atoms with Gasteiger partial charge in [0.2, 0.25) is 5.89 Å². The first-order valence-corrected chi connectivity index (χ1v) is 7.32. The van der Waals surface area contributed by atoms with Crippen LogP contribution in [-0.2, 0) is 12.0 Å². The van der Waals surface area contributed by atoms with E-state index in [4.69, 9.17) is 4.52 Å². The van der Waals surface area contributed by atoms with Gasteiger partial charge >= 0.3 is 0 Å². The number of hydrogen-bond donors (Lipinski definition) is 1. The van der Waals surface area contributed by atoms with Gasteiger partial charge in [-0.05, 0) is 19.3 Å². The first kappa shape index (κ1) is 13.1. The molecule has 0 aromatic carbocycles. The standard InChI is InChI=1S/C14H24N4O/c1-14(2,3)13-16-12(17-19-13)9-18-7-6-10-4-5-11(8-18)15-10/h10-11,15H,4-9H2,1-3H3. The fourth-order valence-corrected chi connectivity index (χ4v) is 2.98. The van der Waals surface area contributed by atoms with Gasteiger partial charge in [0.1, 0.15) is 0 Å². The largest absolute Gasteiger partial charge is 0.339 e. The molecule has 1 aromatic heterocycles. The molecule has 0 aliphatic carbocycles. The summed E-state index contributed by atoms with van der Waals surface area (Å²) in [7, 11) is 0.